The highest BCUT2D eigenvalue weighted by atomic mass is 35.5. The van der Waals surface area contributed by atoms with E-state index in [4.69, 9.17) is 0 Å². The number of nitrogens with zero attached hydrogens (tertiary/aromatic N) is 2. The van der Waals surface area contributed by atoms with E-state index >= 15 is 0 Å². The van der Waals surface area contributed by atoms with E-state index in [-0.39, 0.29) is 36.8 Å². The highest BCUT2D eigenvalue weighted by Crippen LogP contribution is 2.24. The molecule has 4 nitrogen and oxygen atoms in total. The van der Waals surface area contributed by atoms with Crippen molar-refractivity contribution in [3.63, 3.8) is 0 Å². The maximum Gasteiger partial charge on any atom is 0.228 e. The molecule has 1 N–H and O–H groups in total. The molecule has 1 aliphatic rings. The number of amides is 1. The number of nitrogens with one attached hydrogen (secondary N) is 1. The first-order valence-corrected chi connectivity index (χ1v) is 8.97. The Bertz CT molecular complexity index is 690. The van der Waals surface area contributed by atoms with Gasteiger partial charge in [-0.05, 0) is 20.8 Å². The zero-order chi connectivity index (χ0) is 16.4. The molecule has 2 heterocycles. The highest BCUT2D eigenvalue weighted by molar-refractivity contribution is 7.13. The molecular weight excluding hydrogens is 377 g/mol. The first-order chi connectivity index (χ1) is 11.0. The van der Waals surface area contributed by atoms with Gasteiger partial charge in [0.25, 0.3) is 0 Å². The van der Waals surface area contributed by atoms with Crippen molar-refractivity contribution >= 4 is 42.1 Å². The van der Waals surface area contributed by atoms with Crippen LogP contribution < -0.4 is 5.32 Å². The van der Waals surface area contributed by atoms with Gasteiger partial charge in [-0.1, -0.05) is 29.8 Å². The van der Waals surface area contributed by atoms with Gasteiger partial charge >= 0.3 is 0 Å². The normalized spacial score (nSPS) is 19.7. The van der Waals surface area contributed by atoms with Crippen LogP contribution in [0.3, 0.4) is 0 Å². The molecule has 0 bridgehead atoms. The lowest BCUT2D eigenvalue weighted by molar-refractivity contribution is -0.134. The molecule has 25 heavy (non-hydrogen) atoms. The van der Waals surface area contributed by atoms with E-state index in [2.05, 4.69) is 55.3 Å². The molecule has 1 amide bonds. The summed E-state index contributed by atoms with van der Waals surface area (Å²) in [4.78, 5) is 19.2. The Balaban J connectivity index is 0.00000156. The van der Waals surface area contributed by atoms with Gasteiger partial charge in [0.1, 0.15) is 5.01 Å². The number of carbonyl (C=O) groups is 1. The van der Waals surface area contributed by atoms with Gasteiger partial charge in [0, 0.05) is 36.1 Å². The van der Waals surface area contributed by atoms with Crippen molar-refractivity contribution in [2.45, 2.75) is 39.3 Å². The average Bonchev–Trinajstić information content (AvgIpc) is 2.99. The van der Waals surface area contributed by atoms with Crippen LogP contribution in [0.4, 0.5) is 0 Å². The lowest BCUT2D eigenvalue weighted by atomic mass is 10.1. The number of piperazine rings is 1. The quantitative estimate of drug-likeness (QED) is 0.851. The molecule has 0 aliphatic carbocycles. The van der Waals surface area contributed by atoms with Crippen molar-refractivity contribution in [2.75, 3.05) is 13.1 Å². The number of hydrogen-bond donors (Lipinski definition) is 1. The number of aryl methyl sites for hydroxylation is 1. The van der Waals surface area contributed by atoms with Crippen LogP contribution in [0.25, 0.3) is 10.6 Å². The Labute approximate surface area is 165 Å². The Morgan fingerprint density at radius 3 is 2.64 bits per heavy atom. The number of hydrogen-bond acceptors (Lipinski definition) is 4. The van der Waals surface area contributed by atoms with Crippen molar-refractivity contribution in [1.29, 1.82) is 0 Å². The Kier molecular flexibility index (Phi) is 8.35. The van der Waals surface area contributed by atoms with Gasteiger partial charge in [0.15, 0.2) is 0 Å². The van der Waals surface area contributed by atoms with Crippen LogP contribution in [0, 0.1) is 6.92 Å². The maximum absolute atomic E-state index is 12.6. The largest absolute Gasteiger partial charge is 0.337 e. The molecule has 3 rings (SSSR count). The number of rotatable bonds is 3. The fourth-order valence-corrected chi connectivity index (χ4v) is 3.71. The smallest absolute Gasteiger partial charge is 0.228 e. The van der Waals surface area contributed by atoms with Crippen molar-refractivity contribution < 1.29 is 4.79 Å². The number of benzene rings is 1. The standard InChI is InChI=1S/C18H23N3OS.2ClH/c1-12-4-6-15(7-5-12)18-20-16(11-23-18)10-17(22)21-9-8-19-13(2)14(21)3;;/h4-7,11,13-14,19H,8-10H2,1-3H3;2*1H. The summed E-state index contributed by atoms with van der Waals surface area (Å²) in [6, 6.07) is 8.91. The van der Waals surface area contributed by atoms with E-state index in [1.54, 1.807) is 11.3 Å². The summed E-state index contributed by atoms with van der Waals surface area (Å²) in [5.74, 6) is 0.173. The van der Waals surface area contributed by atoms with E-state index in [0.29, 0.717) is 12.5 Å². The Hall–Kier alpha value is -1.14. The third-order valence-electron chi connectivity index (χ3n) is 4.54. The summed E-state index contributed by atoms with van der Waals surface area (Å²) in [5.41, 5.74) is 3.22. The number of carbonyl (C=O) groups excluding carboxylic acids is 1. The molecule has 0 radical (unpaired) electrons. The summed E-state index contributed by atoms with van der Waals surface area (Å²) in [6.45, 7) is 7.95. The van der Waals surface area contributed by atoms with E-state index in [1.165, 1.54) is 5.56 Å². The molecule has 0 saturated carbocycles. The molecule has 1 aliphatic heterocycles. The van der Waals surface area contributed by atoms with Gasteiger partial charge in [-0.15, -0.1) is 36.2 Å². The van der Waals surface area contributed by atoms with Crippen LogP contribution in [0.2, 0.25) is 0 Å². The second-order valence-electron chi connectivity index (χ2n) is 6.26. The third-order valence-corrected chi connectivity index (χ3v) is 5.48. The van der Waals surface area contributed by atoms with Gasteiger partial charge in [0.05, 0.1) is 12.1 Å². The first kappa shape index (κ1) is 21.9. The van der Waals surface area contributed by atoms with Crippen LogP contribution in [0.1, 0.15) is 25.1 Å². The molecule has 1 aromatic carbocycles. The minimum atomic E-state index is 0. The Morgan fingerprint density at radius 2 is 1.96 bits per heavy atom. The lowest BCUT2D eigenvalue weighted by Gasteiger charge is -2.38. The molecule has 2 atom stereocenters. The predicted molar refractivity (Wildman–Crippen MR) is 109 cm³/mol. The summed E-state index contributed by atoms with van der Waals surface area (Å²) in [5, 5.41) is 6.39. The topological polar surface area (TPSA) is 45.2 Å². The Morgan fingerprint density at radius 1 is 1.28 bits per heavy atom. The molecule has 1 fully saturated rings. The number of halogens is 2. The molecule has 0 spiro atoms. The fraction of sp³-hybridized carbons (Fsp3) is 0.444. The summed E-state index contributed by atoms with van der Waals surface area (Å²) < 4.78 is 0. The van der Waals surface area contributed by atoms with E-state index < -0.39 is 0 Å². The average molecular weight is 402 g/mol. The van der Waals surface area contributed by atoms with Crippen LogP contribution in [-0.2, 0) is 11.2 Å². The monoisotopic (exact) mass is 401 g/mol. The van der Waals surface area contributed by atoms with Crippen molar-refractivity contribution in [3.8, 4) is 10.6 Å². The molecule has 1 aromatic heterocycles. The third kappa shape index (κ3) is 5.17. The SMILES string of the molecule is Cc1ccc(-c2nc(CC(=O)N3CCNC(C)C3C)cs2)cc1.Cl.Cl. The van der Waals surface area contributed by atoms with Crippen molar-refractivity contribution in [3.05, 3.63) is 40.9 Å². The van der Waals surface area contributed by atoms with Crippen molar-refractivity contribution in [1.82, 2.24) is 15.2 Å². The molecule has 7 heteroatoms. The lowest BCUT2D eigenvalue weighted by Crippen LogP contribution is -2.57. The number of aromatic nitrogens is 1. The zero-order valence-electron chi connectivity index (χ0n) is 14.7. The van der Waals surface area contributed by atoms with Gasteiger partial charge in [-0.25, -0.2) is 4.98 Å². The summed E-state index contributed by atoms with van der Waals surface area (Å²) in [6.07, 6.45) is 0.388. The summed E-state index contributed by atoms with van der Waals surface area (Å²) in [7, 11) is 0. The van der Waals surface area contributed by atoms with Gasteiger partial charge in [-0.2, -0.15) is 0 Å². The van der Waals surface area contributed by atoms with E-state index in [9.17, 15) is 4.79 Å². The zero-order valence-corrected chi connectivity index (χ0v) is 17.1. The minimum Gasteiger partial charge on any atom is -0.337 e. The van der Waals surface area contributed by atoms with Crippen LogP contribution in [-0.4, -0.2) is 41.0 Å². The molecule has 2 unspecified atom stereocenters. The van der Waals surface area contributed by atoms with Crippen LogP contribution >= 0.6 is 36.2 Å². The van der Waals surface area contributed by atoms with Gasteiger partial charge in [0.2, 0.25) is 5.91 Å². The first-order valence-electron chi connectivity index (χ1n) is 8.09. The van der Waals surface area contributed by atoms with Crippen LogP contribution in [0.5, 0.6) is 0 Å². The number of thiazole rings is 1. The van der Waals surface area contributed by atoms with Gasteiger partial charge < -0.3 is 10.2 Å². The van der Waals surface area contributed by atoms with Gasteiger partial charge in [-0.3, -0.25) is 4.79 Å². The highest BCUT2D eigenvalue weighted by Gasteiger charge is 2.28. The molecular formula is C18H25Cl2N3OS. The van der Waals surface area contributed by atoms with E-state index in [1.807, 2.05) is 10.3 Å². The molecule has 1 saturated heterocycles. The second-order valence-corrected chi connectivity index (χ2v) is 7.12. The predicted octanol–water partition coefficient (Wildman–Crippen LogP) is 3.71. The van der Waals surface area contributed by atoms with Crippen LogP contribution in [0.15, 0.2) is 29.6 Å². The van der Waals surface area contributed by atoms with Crippen molar-refractivity contribution in [2.24, 2.45) is 0 Å². The maximum atomic E-state index is 12.6. The molecule has 138 valence electrons. The minimum absolute atomic E-state index is 0. The molecule has 2 aromatic rings. The summed E-state index contributed by atoms with van der Waals surface area (Å²) >= 11 is 1.60. The fourth-order valence-electron chi connectivity index (χ4n) is 2.88. The second kappa shape index (κ2) is 9.53. The van der Waals surface area contributed by atoms with E-state index in [0.717, 1.165) is 29.4 Å².